The number of carbonyl (C=O) groups excluding carboxylic acids is 2. The highest BCUT2D eigenvalue weighted by Crippen LogP contribution is 2.30. The Bertz CT molecular complexity index is 1160. The first kappa shape index (κ1) is 22.3. The van der Waals surface area contributed by atoms with Gasteiger partial charge in [-0.3, -0.25) is 9.59 Å². The second-order valence-corrected chi connectivity index (χ2v) is 7.81. The lowest BCUT2D eigenvalue weighted by atomic mass is 10.1. The zero-order chi connectivity index (χ0) is 23.4. The minimum Gasteiger partial charge on any atom is -0.497 e. The maximum absolute atomic E-state index is 14.2. The average Bonchev–Trinajstić information content (AvgIpc) is 2.96. The number of rotatable bonds is 6. The van der Waals surface area contributed by atoms with Gasteiger partial charge in [-0.15, -0.1) is 0 Å². The summed E-state index contributed by atoms with van der Waals surface area (Å²) in [5.74, 6) is 0.426. The summed E-state index contributed by atoms with van der Waals surface area (Å²) in [5, 5.41) is 2.88. The Hall–Kier alpha value is -3.87. The van der Waals surface area contributed by atoms with Crippen LogP contribution in [0.1, 0.15) is 34.8 Å². The molecule has 3 aromatic carbocycles. The van der Waals surface area contributed by atoms with Gasteiger partial charge < -0.3 is 19.7 Å². The quantitative estimate of drug-likeness (QED) is 0.589. The maximum atomic E-state index is 14.2. The number of carbonyl (C=O) groups is 2. The molecular weight excluding hydrogens is 423 g/mol. The van der Waals surface area contributed by atoms with Crippen LogP contribution in [0.25, 0.3) is 0 Å². The van der Waals surface area contributed by atoms with Crippen LogP contribution in [0.2, 0.25) is 0 Å². The molecule has 0 saturated carbocycles. The van der Waals surface area contributed by atoms with Crippen LogP contribution >= 0.6 is 0 Å². The smallest absolute Gasteiger partial charge is 0.264 e. The predicted octanol–water partition coefficient (Wildman–Crippen LogP) is 4.79. The van der Waals surface area contributed by atoms with E-state index < -0.39 is 6.10 Å². The molecule has 33 heavy (non-hydrogen) atoms. The number of amides is 2. The SMILES string of the molecule is CCC1Oc2ccc(NC(=O)c3ccc(OC)cc3)cc2CN(Cc2ccccc2F)C1=O. The Labute approximate surface area is 191 Å². The van der Waals surface area contributed by atoms with Gasteiger partial charge in [-0.25, -0.2) is 4.39 Å². The molecule has 7 heteroatoms. The first-order valence-corrected chi connectivity index (χ1v) is 10.8. The second-order valence-electron chi connectivity index (χ2n) is 7.81. The van der Waals surface area contributed by atoms with E-state index in [1.807, 2.05) is 6.92 Å². The molecule has 0 spiro atoms. The van der Waals surface area contributed by atoms with E-state index in [9.17, 15) is 14.0 Å². The van der Waals surface area contributed by atoms with Crippen LogP contribution in [0.4, 0.5) is 10.1 Å². The van der Waals surface area contributed by atoms with E-state index in [0.717, 1.165) is 5.56 Å². The number of nitrogens with one attached hydrogen (secondary N) is 1. The number of fused-ring (bicyclic) bond motifs is 1. The lowest BCUT2D eigenvalue weighted by Gasteiger charge is -2.23. The Balaban J connectivity index is 1.58. The van der Waals surface area contributed by atoms with Crippen LogP contribution in [-0.4, -0.2) is 29.9 Å². The summed E-state index contributed by atoms with van der Waals surface area (Å²) in [4.78, 5) is 27.3. The van der Waals surface area contributed by atoms with Crippen LogP contribution in [0.15, 0.2) is 66.7 Å². The molecule has 1 N–H and O–H groups in total. The van der Waals surface area contributed by atoms with Gasteiger partial charge in [-0.05, 0) is 55.0 Å². The van der Waals surface area contributed by atoms with Gasteiger partial charge in [0.2, 0.25) is 0 Å². The summed E-state index contributed by atoms with van der Waals surface area (Å²) in [6.45, 7) is 2.25. The fourth-order valence-corrected chi connectivity index (χ4v) is 3.76. The molecule has 0 saturated heterocycles. The number of nitrogens with zero attached hydrogens (tertiary/aromatic N) is 1. The highest BCUT2D eigenvalue weighted by atomic mass is 19.1. The number of ether oxygens (including phenoxy) is 2. The van der Waals surface area contributed by atoms with Gasteiger partial charge in [0.1, 0.15) is 17.3 Å². The lowest BCUT2D eigenvalue weighted by molar-refractivity contribution is -0.139. The summed E-state index contributed by atoms with van der Waals surface area (Å²) in [7, 11) is 1.57. The molecule has 1 atom stereocenters. The summed E-state index contributed by atoms with van der Waals surface area (Å²) >= 11 is 0. The van der Waals surface area contributed by atoms with Gasteiger partial charge in [-0.1, -0.05) is 25.1 Å². The molecule has 1 unspecified atom stereocenters. The van der Waals surface area contributed by atoms with Gasteiger partial charge in [0.05, 0.1) is 7.11 Å². The minimum atomic E-state index is -0.655. The van der Waals surface area contributed by atoms with Crippen molar-refractivity contribution in [1.82, 2.24) is 4.90 Å². The molecular formula is C26H25FN2O4. The van der Waals surface area contributed by atoms with E-state index in [1.165, 1.54) is 6.07 Å². The van der Waals surface area contributed by atoms with Gasteiger partial charge in [0.15, 0.2) is 6.10 Å². The third-order valence-electron chi connectivity index (χ3n) is 5.58. The molecule has 1 heterocycles. The molecule has 0 radical (unpaired) electrons. The molecule has 0 aromatic heterocycles. The van der Waals surface area contributed by atoms with Crippen molar-refractivity contribution >= 4 is 17.5 Å². The number of halogens is 1. The highest BCUT2D eigenvalue weighted by molar-refractivity contribution is 6.04. The van der Waals surface area contributed by atoms with Gasteiger partial charge in [0, 0.05) is 35.5 Å². The Morgan fingerprint density at radius 3 is 2.61 bits per heavy atom. The average molecular weight is 448 g/mol. The molecule has 0 aliphatic carbocycles. The second kappa shape index (κ2) is 9.73. The molecule has 4 rings (SSSR count). The normalized spacial score (nSPS) is 15.3. The third-order valence-corrected chi connectivity index (χ3v) is 5.58. The van der Waals surface area contributed by atoms with Gasteiger partial charge in [0.25, 0.3) is 11.8 Å². The van der Waals surface area contributed by atoms with Crippen molar-refractivity contribution in [2.45, 2.75) is 32.5 Å². The number of benzene rings is 3. The van der Waals surface area contributed by atoms with E-state index in [4.69, 9.17) is 9.47 Å². The van der Waals surface area contributed by atoms with E-state index >= 15 is 0 Å². The van der Waals surface area contributed by atoms with E-state index in [-0.39, 0.29) is 30.7 Å². The van der Waals surface area contributed by atoms with Crippen LogP contribution in [0, 0.1) is 5.82 Å². The van der Waals surface area contributed by atoms with Gasteiger partial charge >= 0.3 is 0 Å². The molecule has 1 aliphatic heterocycles. The monoisotopic (exact) mass is 448 g/mol. The Morgan fingerprint density at radius 2 is 1.91 bits per heavy atom. The molecule has 0 fully saturated rings. The van der Waals surface area contributed by atoms with E-state index in [1.54, 1.807) is 72.7 Å². The van der Waals surface area contributed by atoms with Crippen molar-refractivity contribution < 1.29 is 23.5 Å². The summed E-state index contributed by atoms with van der Waals surface area (Å²) < 4.78 is 25.3. The molecule has 170 valence electrons. The standard InChI is InChI=1S/C26H25FN2O4/c1-3-23-26(31)29(15-18-6-4-5-7-22(18)27)16-19-14-20(10-13-24(19)33-23)28-25(30)17-8-11-21(32-2)12-9-17/h4-14,23H,3,15-16H2,1-2H3,(H,28,30). The minimum absolute atomic E-state index is 0.132. The summed E-state index contributed by atoms with van der Waals surface area (Å²) in [5.41, 5.74) is 2.24. The van der Waals surface area contributed by atoms with E-state index in [0.29, 0.717) is 34.7 Å². The topological polar surface area (TPSA) is 67.9 Å². The van der Waals surface area contributed by atoms with Crippen LogP contribution in [0.5, 0.6) is 11.5 Å². The van der Waals surface area contributed by atoms with Crippen molar-refractivity contribution in [3.05, 3.63) is 89.2 Å². The van der Waals surface area contributed by atoms with Crippen molar-refractivity contribution in [1.29, 1.82) is 0 Å². The molecule has 3 aromatic rings. The Morgan fingerprint density at radius 1 is 1.15 bits per heavy atom. The first-order chi connectivity index (χ1) is 16.0. The summed E-state index contributed by atoms with van der Waals surface area (Å²) in [6, 6.07) is 18.5. The maximum Gasteiger partial charge on any atom is 0.264 e. The highest BCUT2D eigenvalue weighted by Gasteiger charge is 2.30. The predicted molar refractivity (Wildman–Crippen MR) is 123 cm³/mol. The summed E-state index contributed by atoms with van der Waals surface area (Å²) in [6.07, 6.45) is -0.167. The van der Waals surface area contributed by atoms with Gasteiger partial charge in [-0.2, -0.15) is 0 Å². The first-order valence-electron chi connectivity index (χ1n) is 10.8. The molecule has 1 aliphatic rings. The van der Waals surface area contributed by atoms with Crippen LogP contribution in [0.3, 0.4) is 0 Å². The third kappa shape index (κ3) is 4.98. The fourth-order valence-electron chi connectivity index (χ4n) is 3.76. The molecule has 2 amide bonds. The zero-order valence-corrected chi connectivity index (χ0v) is 18.5. The van der Waals surface area contributed by atoms with Crippen molar-refractivity contribution in [3.63, 3.8) is 0 Å². The largest absolute Gasteiger partial charge is 0.497 e. The number of hydrogen-bond donors (Lipinski definition) is 1. The molecule has 0 bridgehead atoms. The molecule has 6 nitrogen and oxygen atoms in total. The van der Waals surface area contributed by atoms with Crippen LogP contribution in [-0.2, 0) is 17.9 Å². The fraction of sp³-hybridized carbons (Fsp3) is 0.231. The number of methoxy groups -OCH3 is 1. The van der Waals surface area contributed by atoms with Crippen molar-refractivity contribution in [2.24, 2.45) is 0 Å². The van der Waals surface area contributed by atoms with Crippen LogP contribution < -0.4 is 14.8 Å². The number of anilines is 1. The van der Waals surface area contributed by atoms with E-state index in [2.05, 4.69) is 5.32 Å². The lowest BCUT2D eigenvalue weighted by Crippen LogP contribution is -2.39. The Kier molecular flexibility index (Phi) is 6.58. The number of hydrogen-bond acceptors (Lipinski definition) is 4. The zero-order valence-electron chi connectivity index (χ0n) is 18.5. The van der Waals surface area contributed by atoms with Crippen molar-refractivity contribution in [2.75, 3.05) is 12.4 Å². The van der Waals surface area contributed by atoms with Crippen molar-refractivity contribution in [3.8, 4) is 11.5 Å².